The van der Waals surface area contributed by atoms with Crippen LogP contribution in [-0.2, 0) is 0 Å². The molecule has 0 saturated carbocycles. The van der Waals surface area contributed by atoms with Crippen LogP contribution in [0.15, 0.2) is 42.5 Å². The van der Waals surface area contributed by atoms with Gasteiger partial charge in [-0.15, -0.1) is 0 Å². The zero-order chi connectivity index (χ0) is 18.7. The number of Topliss-reactive ketones (excluding diaryl/α,β-unsaturated/α-hetero) is 1. The first-order valence-corrected chi connectivity index (χ1v) is 8.29. The van der Waals surface area contributed by atoms with Gasteiger partial charge in [-0.3, -0.25) is 9.59 Å². The van der Waals surface area contributed by atoms with Gasteiger partial charge in [-0.1, -0.05) is 18.2 Å². The average Bonchev–Trinajstić information content (AvgIpc) is 2.69. The van der Waals surface area contributed by atoms with E-state index >= 15 is 0 Å². The monoisotopic (exact) mass is 354 g/mol. The van der Waals surface area contributed by atoms with Gasteiger partial charge in [0.2, 0.25) is 0 Å². The summed E-state index contributed by atoms with van der Waals surface area (Å²) in [6.07, 6.45) is 1.24. The van der Waals surface area contributed by atoms with E-state index in [4.69, 9.17) is 0 Å². The number of carbonyl (C=O) groups is 2. The minimum absolute atomic E-state index is 0.0504. The van der Waals surface area contributed by atoms with Crippen molar-refractivity contribution in [2.45, 2.75) is 12.8 Å². The molecule has 1 amide bonds. The molecule has 2 aromatic rings. The summed E-state index contributed by atoms with van der Waals surface area (Å²) in [5.41, 5.74) is 0.707. The highest BCUT2D eigenvalue weighted by molar-refractivity contribution is 6.01. The van der Waals surface area contributed by atoms with E-state index in [-0.39, 0.29) is 17.9 Å². The number of ketones is 1. The summed E-state index contributed by atoms with van der Waals surface area (Å²) in [7, 11) is 0. The van der Waals surface area contributed by atoms with E-state index in [1.165, 1.54) is 11.0 Å². The first kappa shape index (κ1) is 17.7. The van der Waals surface area contributed by atoms with Gasteiger partial charge in [0, 0.05) is 30.1 Å². The number of hydrogen-bond donors (Lipinski definition) is 0. The van der Waals surface area contributed by atoms with Gasteiger partial charge in [-0.25, -0.2) is 8.78 Å². The first-order valence-electron chi connectivity index (χ1n) is 8.29. The summed E-state index contributed by atoms with van der Waals surface area (Å²) in [5, 5.41) is 9.17. The fourth-order valence-electron chi connectivity index (χ4n) is 3.20. The average molecular weight is 354 g/mol. The van der Waals surface area contributed by atoms with Gasteiger partial charge < -0.3 is 4.90 Å². The zero-order valence-corrected chi connectivity index (χ0v) is 13.9. The molecule has 2 aromatic carbocycles. The molecular formula is C20H16F2N2O2. The number of nitrogens with zero attached hydrogens (tertiary/aromatic N) is 2. The highest BCUT2D eigenvalue weighted by atomic mass is 19.2. The Labute approximate surface area is 149 Å². The Morgan fingerprint density at radius 3 is 2.62 bits per heavy atom. The first-order chi connectivity index (χ1) is 12.5. The molecule has 1 unspecified atom stereocenters. The maximum absolute atomic E-state index is 13.4. The van der Waals surface area contributed by atoms with Crippen molar-refractivity contribution >= 4 is 11.7 Å². The third-order valence-electron chi connectivity index (χ3n) is 4.56. The van der Waals surface area contributed by atoms with Gasteiger partial charge in [-0.05, 0) is 37.1 Å². The fourth-order valence-corrected chi connectivity index (χ4v) is 3.20. The second kappa shape index (κ2) is 7.44. The van der Waals surface area contributed by atoms with Crippen LogP contribution < -0.4 is 0 Å². The third-order valence-corrected chi connectivity index (χ3v) is 4.56. The molecule has 3 rings (SSSR count). The standard InChI is InChI=1S/C20H16F2N2O2/c21-17-8-7-13(10-18(17)22)20(26)24-9-3-5-15(12-24)19(25)16-6-2-1-4-14(16)11-23/h1-2,4,6-8,10,15H,3,5,9,12H2. The number of nitriles is 1. The molecule has 26 heavy (non-hydrogen) atoms. The summed E-state index contributed by atoms with van der Waals surface area (Å²) >= 11 is 0. The Balaban J connectivity index is 1.78. The zero-order valence-electron chi connectivity index (χ0n) is 13.9. The molecule has 0 radical (unpaired) electrons. The molecule has 1 aliphatic heterocycles. The van der Waals surface area contributed by atoms with Gasteiger partial charge in [0.15, 0.2) is 17.4 Å². The molecular weight excluding hydrogens is 338 g/mol. The number of carbonyl (C=O) groups excluding carboxylic acids is 2. The van der Waals surface area contributed by atoms with Crippen LogP contribution in [-0.4, -0.2) is 29.7 Å². The van der Waals surface area contributed by atoms with Crippen molar-refractivity contribution in [1.29, 1.82) is 5.26 Å². The molecule has 0 aromatic heterocycles. The number of likely N-dealkylation sites (tertiary alicyclic amines) is 1. The summed E-state index contributed by atoms with van der Waals surface area (Å²) in [4.78, 5) is 26.8. The van der Waals surface area contributed by atoms with Crippen LogP contribution >= 0.6 is 0 Å². The van der Waals surface area contributed by atoms with E-state index in [0.717, 1.165) is 12.1 Å². The van der Waals surface area contributed by atoms with Crippen LogP contribution in [0.4, 0.5) is 8.78 Å². The quantitative estimate of drug-likeness (QED) is 0.792. The number of hydrogen-bond acceptors (Lipinski definition) is 3. The minimum Gasteiger partial charge on any atom is -0.338 e. The van der Waals surface area contributed by atoms with Crippen molar-refractivity contribution < 1.29 is 18.4 Å². The van der Waals surface area contributed by atoms with Crippen LogP contribution in [0, 0.1) is 28.9 Å². The molecule has 6 heteroatoms. The van der Waals surface area contributed by atoms with Crippen LogP contribution in [0.25, 0.3) is 0 Å². The summed E-state index contributed by atoms with van der Waals surface area (Å²) in [5.74, 6) is -3.13. The third kappa shape index (κ3) is 3.47. The maximum atomic E-state index is 13.4. The Hall–Kier alpha value is -3.07. The summed E-state index contributed by atoms with van der Waals surface area (Å²) in [6.45, 7) is 0.637. The largest absolute Gasteiger partial charge is 0.338 e. The van der Waals surface area contributed by atoms with E-state index in [2.05, 4.69) is 0 Å². The minimum atomic E-state index is -1.08. The maximum Gasteiger partial charge on any atom is 0.253 e. The Morgan fingerprint density at radius 2 is 1.88 bits per heavy atom. The van der Waals surface area contributed by atoms with Gasteiger partial charge in [0.25, 0.3) is 5.91 Å². The second-order valence-electron chi connectivity index (χ2n) is 6.24. The molecule has 1 atom stereocenters. The van der Waals surface area contributed by atoms with E-state index in [0.29, 0.717) is 30.5 Å². The second-order valence-corrected chi connectivity index (χ2v) is 6.24. The summed E-state index contributed by atoms with van der Waals surface area (Å²) in [6, 6.07) is 11.6. The number of piperidine rings is 1. The molecule has 0 spiro atoms. The predicted molar refractivity (Wildman–Crippen MR) is 90.5 cm³/mol. The molecule has 1 heterocycles. The lowest BCUT2D eigenvalue weighted by molar-refractivity contribution is 0.0636. The summed E-state index contributed by atoms with van der Waals surface area (Å²) < 4.78 is 26.4. The van der Waals surface area contributed by atoms with Gasteiger partial charge in [0.1, 0.15) is 0 Å². The van der Waals surface area contributed by atoms with Crippen molar-refractivity contribution in [2.24, 2.45) is 5.92 Å². The molecule has 0 N–H and O–H groups in total. The van der Waals surface area contributed by atoms with E-state index in [9.17, 15) is 23.6 Å². The van der Waals surface area contributed by atoms with Crippen LogP contribution in [0.3, 0.4) is 0 Å². The van der Waals surface area contributed by atoms with Crippen molar-refractivity contribution in [3.63, 3.8) is 0 Å². The van der Waals surface area contributed by atoms with E-state index < -0.39 is 23.5 Å². The topological polar surface area (TPSA) is 61.2 Å². The molecule has 1 aliphatic rings. The number of rotatable bonds is 3. The van der Waals surface area contributed by atoms with Crippen LogP contribution in [0.1, 0.15) is 39.1 Å². The van der Waals surface area contributed by atoms with E-state index in [1.54, 1.807) is 24.3 Å². The van der Waals surface area contributed by atoms with Crippen LogP contribution in [0.2, 0.25) is 0 Å². The van der Waals surface area contributed by atoms with Crippen LogP contribution in [0.5, 0.6) is 0 Å². The number of benzene rings is 2. The highest BCUT2D eigenvalue weighted by Gasteiger charge is 2.30. The number of halogens is 2. The molecule has 0 aliphatic carbocycles. The van der Waals surface area contributed by atoms with E-state index in [1.807, 2.05) is 6.07 Å². The predicted octanol–water partition coefficient (Wildman–Crippen LogP) is 3.57. The highest BCUT2D eigenvalue weighted by Crippen LogP contribution is 2.24. The lowest BCUT2D eigenvalue weighted by atomic mass is 9.88. The van der Waals surface area contributed by atoms with Crippen molar-refractivity contribution in [2.75, 3.05) is 13.1 Å². The van der Waals surface area contributed by atoms with Gasteiger partial charge >= 0.3 is 0 Å². The Bertz CT molecular complexity index is 905. The lowest BCUT2D eigenvalue weighted by Crippen LogP contribution is -2.42. The Kier molecular flexibility index (Phi) is 5.08. The lowest BCUT2D eigenvalue weighted by Gasteiger charge is -2.32. The molecule has 1 fully saturated rings. The van der Waals surface area contributed by atoms with Crippen molar-refractivity contribution in [3.05, 3.63) is 70.8 Å². The smallest absolute Gasteiger partial charge is 0.253 e. The van der Waals surface area contributed by atoms with Crippen molar-refractivity contribution in [3.8, 4) is 6.07 Å². The normalized spacial score (nSPS) is 16.8. The Morgan fingerprint density at radius 1 is 1.12 bits per heavy atom. The van der Waals surface area contributed by atoms with Gasteiger partial charge in [-0.2, -0.15) is 5.26 Å². The van der Waals surface area contributed by atoms with Crippen molar-refractivity contribution in [1.82, 2.24) is 4.90 Å². The molecule has 4 nitrogen and oxygen atoms in total. The number of amides is 1. The molecule has 0 bridgehead atoms. The van der Waals surface area contributed by atoms with Gasteiger partial charge in [0.05, 0.1) is 11.6 Å². The molecule has 1 saturated heterocycles. The SMILES string of the molecule is N#Cc1ccccc1C(=O)C1CCCN(C(=O)c2ccc(F)c(F)c2)C1. The fraction of sp³-hybridized carbons (Fsp3) is 0.250. The molecule has 132 valence electrons.